The van der Waals surface area contributed by atoms with Crippen molar-refractivity contribution in [2.45, 2.75) is 31.8 Å². The van der Waals surface area contributed by atoms with Crippen LogP contribution in [0.4, 0.5) is 13.2 Å². The summed E-state index contributed by atoms with van der Waals surface area (Å²) in [5.41, 5.74) is -1.32. The summed E-state index contributed by atoms with van der Waals surface area (Å²) in [6.07, 6.45) is -0.0487. The predicted molar refractivity (Wildman–Crippen MR) is 103 cm³/mol. The van der Waals surface area contributed by atoms with Crippen LogP contribution in [-0.4, -0.2) is 48.0 Å². The normalized spacial score (nSPS) is 26.7. The molecule has 10 heteroatoms. The molecule has 4 rings (SSSR count). The number of nitrogens with zero attached hydrogens (tertiary/aromatic N) is 1. The van der Waals surface area contributed by atoms with Crippen LogP contribution in [0.2, 0.25) is 0 Å². The van der Waals surface area contributed by atoms with Crippen molar-refractivity contribution in [3.05, 3.63) is 52.1 Å². The van der Waals surface area contributed by atoms with E-state index in [1.807, 2.05) is 0 Å². The number of amides is 1. The number of likely N-dealkylation sites (tertiary alicyclic amines) is 1. The lowest BCUT2D eigenvalue weighted by molar-refractivity contribution is -0.136. The maximum absolute atomic E-state index is 13.0. The van der Waals surface area contributed by atoms with Gasteiger partial charge in [-0.15, -0.1) is 0 Å². The van der Waals surface area contributed by atoms with E-state index in [0.717, 1.165) is 49.1 Å². The van der Waals surface area contributed by atoms with E-state index in [1.54, 1.807) is 0 Å². The zero-order valence-electron chi connectivity index (χ0n) is 16.6. The SMILES string of the molecule is O=C1C2C=CC(C(F)(F)F)=CC2C(O)N1Cc1cc(=O)c(OCC2CCNCC2)co1. The molecule has 0 aromatic carbocycles. The van der Waals surface area contributed by atoms with E-state index in [4.69, 9.17) is 9.15 Å². The molecule has 1 aromatic rings. The number of alkyl halides is 3. The van der Waals surface area contributed by atoms with E-state index in [9.17, 15) is 27.9 Å². The van der Waals surface area contributed by atoms with E-state index >= 15 is 0 Å². The van der Waals surface area contributed by atoms with Gasteiger partial charge in [0.2, 0.25) is 17.1 Å². The fourth-order valence-electron chi connectivity index (χ4n) is 4.16. The van der Waals surface area contributed by atoms with E-state index in [1.165, 1.54) is 12.3 Å². The molecule has 1 amide bonds. The van der Waals surface area contributed by atoms with Crippen molar-refractivity contribution in [3.8, 4) is 5.75 Å². The third-order valence-corrected chi connectivity index (χ3v) is 5.94. The molecule has 0 spiro atoms. The van der Waals surface area contributed by atoms with Crippen LogP contribution in [0.5, 0.6) is 5.75 Å². The Balaban J connectivity index is 1.43. The summed E-state index contributed by atoms with van der Waals surface area (Å²) in [6, 6.07) is 1.17. The minimum absolute atomic E-state index is 0.0601. The smallest absolute Gasteiger partial charge is 0.416 e. The quantitative estimate of drug-likeness (QED) is 0.728. The molecule has 3 heterocycles. The Morgan fingerprint density at radius 3 is 2.68 bits per heavy atom. The molecule has 3 aliphatic rings. The number of piperidine rings is 1. The number of hydrogen-bond acceptors (Lipinski definition) is 6. The Morgan fingerprint density at radius 1 is 1.26 bits per heavy atom. The number of hydrogen-bond donors (Lipinski definition) is 2. The van der Waals surface area contributed by atoms with Crippen LogP contribution >= 0.6 is 0 Å². The number of halogens is 3. The second kappa shape index (κ2) is 8.51. The fourth-order valence-corrected chi connectivity index (χ4v) is 4.16. The minimum Gasteiger partial charge on any atom is -0.486 e. The highest BCUT2D eigenvalue weighted by atomic mass is 19.4. The maximum Gasteiger partial charge on any atom is 0.416 e. The Labute approximate surface area is 176 Å². The number of carbonyl (C=O) groups excluding carboxylic acids is 1. The summed E-state index contributed by atoms with van der Waals surface area (Å²) >= 11 is 0. The van der Waals surface area contributed by atoms with Gasteiger partial charge in [-0.1, -0.05) is 18.2 Å². The highest BCUT2D eigenvalue weighted by Crippen LogP contribution is 2.40. The zero-order chi connectivity index (χ0) is 22.2. The molecular weight excluding hydrogens is 417 g/mol. The first-order valence-electron chi connectivity index (χ1n) is 10.1. The van der Waals surface area contributed by atoms with Crippen LogP contribution in [0.1, 0.15) is 18.6 Å². The Bertz CT molecular complexity index is 949. The summed E-state index contributed by atoms with van der Waals surface area (Å²) in [7, 11) is 0. The minimum atomic E-state index is -4.56. The number of carbonyl (C=O) groups is 1. The molecule has 0 radical (unpaired) electrons. The third kappa shape index (κ3) is 4.54. The van der Waals surface area contributed by atoms with E-state index in [0.29, 0.717) is 12.5 Å². The van der Waals surface area contributed by atoms with Crippen molar-refractivity contribution in [1.29, 1.82) is 0 Å². The summed E-state index contributed by atoms with van der Waals surface area (Å²) in [4.78, 5) is 26.0. The first kappa shape index (κ1) is 21.6. The molecule has 0 saturated carbocycles. The van der Waals surface area contributed by atoms with Gasteiger partial charge in [-0.05, 0) is 31.8 Å². The molecule has 31 heavy (non-hydrogen) atoms. The predicted octanol–water partition coefficient (Wildman–Crippen LogP) is 1.97. The van der Waals surface area contributed by atoms with E-state index < -0.39 is 41.1 Å². The van der Waals surface area contributed by atoms with E-state index in [2.05, 4.69) is 5.32 Å². The fraction of sp³-hybridized carbons (Fsp3) is 0.524. The van der Waals surface area contributed by atoms with Crippen molar-refractivity contribution in [1.82, 2.24) is 10.2 Å². The van der Waals surface area contributed by atoms with Crippen molar-refractivity contribution < 1.29 is 32.2 Å². The first-order chi connectivity index (χ1) is 14.7. The topological polar surface area (TPSA) is 92.0 Å². The van der Waals surface area contributed by atoms with Crippen LogP contribution in [-0.2, 0) is 11.3 Å². The lowest BCUT2D eigenvalue weighted by Gasteiger charge is -2.23. The van der Waals surface area contributed by atoms with Gasteiger partial charge in [0, 0.05) is 12.0 Å². The highest BCUT2D eigenvalue weighted by Gasteiger charge is 2.48. The number of aliphatic hydroxyl groups excluding tert-OH is 1. The lowest BCUT2D eigenvalue weighted by Crippen LogP contribution is -2.34. The van der Waals surface area contributed by atoms with Crippen LogP contribution in [0.15, 0.2) is 45.3 Å². The third-order valence-electron chi connectivity index (χ3n) is 5.94. The molecule has 7 nitrogen and oxygen atoms in total. The van der Waals surface area contributed by atoms with Gasteiger partial charge in [-0.3, -0.25) is 9.59 Å². The number of fused-ring (bicyclic) bond motifs is 1. The molecule has 2 fully saturated rings. The molecular formula is C21H23F3N2O5. The van der Waals surface area contributed by atoms with Crippen LogP contribution < -0.4 is 15.5 Å². The van der Waals surface area contributed by atoms with Gasteiger partial charge in [-0.2, -0.15) is 13.2 Å². The van der Waals surface area contributed by atoms with Gasteiger partial charge < -0.3 is 24.5 Å². The van der Waals surface area contributed by atoms with Gasteiger partial charge in [-0.25, -0.2) is 0 Å². The maximum atomic E-state index is 13.0. The molecule has 0 bridgehead atoms. The molecule has 2 saturated heterocycles. The average Bonchev–Trinajstić information content (AvgIpc) is 2.98. The van der Waals surface area contributed by atoms with Gasteiger partial charge in [0.15, 0.2) is 0 Å². The van der Waals surface area contributed by atoms with Crippen molar-refractivity contribution in [3.63, 3.8) is 0 Å². The number of nitrogens with one attached hydrogen (secondary N) is 1. The Morgan fingerprint density at radius 2 is 2.00 bits per heavy atom. The van der Waals surface area contributed by atoms with Crippen LogP contribution in [0.3, 0.4) is 0 Å². The Hall–Kier alpha value is -2.59. The van der Waals surface area contributed by atoms with Crippen molar-refractivity contribution >= 4 is 5.91 Å². The van der Waals surface area contributed by atoms with Crippen molar-refractivity contribution in [2.24, 2.45) is 17.8 Å². The van der Waals surface area contributed by atoms with E-state index in [-0.39, 0.29) is 18.1 Å². The summed E-state index contributed by atoms with van der Waals surface area (Å²) in [6.45, 7) is 1.98. The second-order valence-corrected chi connectivity index (χ2v) is 8.04. The average molecular weight is 440 g/mol. The zero-order valence-corrected chi connectivity index (χ0v) is 16.6. The monoisotopic (exact) mass is 440 g/mol. The molecule has 2 N–H and O–H groups in total. The largest absolute Gasteiger partial charge is 0.486 e. The molecule has 1 aliphatic carbocycles. The number of aliphatic hydroxyl groups is 1. The Kier molecular flexibility index (Phi) is 5.94. The first-order valence-corrected chi connectivity index (χ1v) is 10.1. The number of rotatable bonds is 5. The highest BCUT2D eigenvalue weighted by molar-refractivity contribution is 5.84. The molecule has 1 aromatic heterocycles. The number of ether oxygens (including phenoxy) is 1. The summed E-state index contributed by atoms with van der Waals surface area (Å²) < 4.78 is 49.9. The molecule has 3 atom stereocenters. The van der Waals surface area contributed by atoms with Crippen LogP contribution in [0, 0.1) is 17.8 Å². The van der Waals surface area contributed by atoms with Gasteiger partial charge in [0.05, 0.1) is 24.6 Å². The lowest BCUT2D eigenvalue weighted by atomic mass is 9.87. The number of allylic oxidation sites excluding steroid dienone is 2. The molecule has 168 valence electrons. The van der Waals surface area contributed by atoms with Gasteiger partial charge >= 0.3 is 6.18 Å². The summed E-state index contributed by atoms with van der Waals surface area (Å²) in [5, 5.41) is 13.7. The van der Waals surface area contributed by atoms with Crippen molar-refractivity contribution in [2.75, 3.05) is 19.7 Å². The standard InChI is InChI=1S/C21H23F3N2O5/c22-21(23,24)13-1-2-15-16(7-13)20(29)26(19(15)28)9-14-8-17(27)18(11-30-14)31-10-12-3-5-25-6-4-12/h1-2,7-8,11-12,15-16,20,25,29H,3-6,9-10H2. The summed E-state index contributed by atoms with van der Waals surface area (Å²) in [5.74, 6) is -1.92. The van der Waals surface area contributed by atoms with Crippen LogP contribution in [0.25, 0.3) is 0 Å². The van der Waals surface area contributed by atoms with Gasteiger partial charge in [0.1, 0.15) is 18.3 Å². The van der Waals surface area contributed by atoms with Gasteiger partial charge in [0.25, 0.3) is 0 Å². The second-order valence-electron chi connectivity index (χ2n) is 8.04. The molecule has 2 aliphatic heterocycles. The molecule has 3 unspecified atom stereocenters.